The van der Waals surface area contributed by atoms with Gasteiger partial charge in [-0.15, -0.1) is 0 Å². The molecule has 1 heterocycles. The normalized spacial score (nSPS) is 11.8. The molecule has 1 amide bonds. The number of carbonyl (C=O) groups excluding carboxylic acids is 2. The molecule has 1 atom stereocenters. The van der Waals surface area contributed by atoms with E-state index in [1.54, 1.807) is 18.5 Å². The van der Waals surface area contributed by atoms with Crippen LogP contribution in [0.1, 0.15) is 35.1 Å². The molecule has 0 aliphatic heterocycles. The summed E-state index contributed by atoms with van der Waals surface area (Å²) in [4.78, 5) is 23.8. The van der Waals surface area contributed by atoms with Crippen molar-refractivity contribution >= 4 is 11.9 Å². The Labute approximate surface area is 135 Å². The molecule has 0 saturated carbocycles. The highest BCUT2D eigenvalue weighted by Crippen LogP contribution is 2.18. The van der Waals surface area contributed by atoms with Crippen LogP contribution in [0.4, 0.5) is 0 Å². The minimum absolute atomic E-state index is 0.132. The smallest absolute Gasteiger partial charge is 0.307 e. The quantitative estimate of drug-likeness (QED) is 0.858. The predicted octanol–water partition coefficient (Wildman–Crippen LogP) is 2.17. The number of esters is 1. The number of aromatic nitrogens is 2. The molecule has 6 heteroatoms. The molecule has 0 fully saturated rings. The Kier molecular flexibility index (Phi) is 5.16. The van der Waals surface area contributed by atoms with E-state index in [1.807, 2.05) is 37.3 Å². The molecule has 0 bridgehead atoms. The van der Waals surface area contributed by atoms with Crippen molar-refractivity contribution in [1.82, 2.24) is 15.1 Å². The summed E-state index contributed by atoms with van der Waals surface area (Å²) >= 11 is 0. The average Bonchev–Trinajstić information content (AvgIpc) is 2.82. The van der Waals surface area contributed by atoms with Crippen molar-refractivity contribution in [1.29, 1.82) is 0 Å². The number of carbonyl (C=O) groups is 2. The maximum atomic E-state index is 12.5. The van der Waals surface area contributed by atoms with E-state index >= 15 is 0 Å². The van der Waals surface area contributed by atoms with Gasteiger partial charge in [0.2, 0.25) is 0 Å². The Hall–Kier alpha value is -2.63. The monoisotopic (exact) mass is 315 g/mol. The van der Waals surface area contributed by atoms with Gasteiger partial charge in [-0.2, -0.15) is 5.10 Å². The molecular weight excluding hydrogens is 294 g/mol. The van der Waals surface area contributed by atoms with Crippen molar-refractivity contribution < 1.29 is 14.3 Å². The minimum atomic E-state index is -0.355. The molecular formula is C17H21N3O3. The molecule has 2 aromatic rings. The summed E-state index contributed by atoms with van der Waals surface area (Å²) < 4.78 is 6.36. The highest BCUT2D eigenvalue weighted by molar-refractivity contribution is 5.96. The molecule has 0 spiro atoms. The summed E-state index contributed by atoms with van der Waals surface area (Å²) in [7, 11) is 1.33. The van der Waals surface area contributed by atoms with E-state index in [4.69, 9.17) is 0 Å². The number of aryl methyl sites for hydroxylation is 1. The van der Waals surface area contributed by atoms with E-state index in [0.717, 1.165) is 11.4 Å². The number of nitrogens with zero attached hydrogens (tertiary/aromatic N) is 2. The fourth-order valence-electron chi connectivity index (χ4n) is 2.47. The zero-order valence-corrected chi connectivity index (χ0v) is 13.8. The van der Waals surface area contributed by atoms with Crippen LogP contribution in [0.5, 0.6) is 0 Å². The van der Waals surface area contributed by atoms with E-state index in [9.17, 15) is 9.59 Å². The zero-order valence-electron chi connectivity index (χ0n) is 13.8. The molecule has 0 saturated heterocycles. The predicted molar refractivity (Wildman–Crippen MR) is 86.6 cm³/mol. The van der Waals surface area contributed by atoms with Crippen LogP contribution in [0.15, 0.2) is 30.3 Å². The summed E-state index contributed by atoms with van der Waals surface area (Å²) in [6.45, 7) is 5.42. The summed E-state index contributed by atoms with van der Waals surface area (Å²) in [6, 6.07) is 9.32. The number of hydrogen-bond donors (Lipinski definition) is 1. The molecule has 0 aliphatic rings. The number of para-hydroxylation sites is 1. The van der Waals surface area contributed by atoms with Gasteiger partial charge in [-0.05, 0) is 32.9 Å². The molecule has 6 nitrogen and oxygen atoms in total. The fraction of sp³-hybridized carbons (Fsp3) is 0.353. The Morgan fingerprint density at radius 2 is 1.91 bits per heavy atom. The van der Waals surface area contributed by atoms with Gasteiger partial charge >= 0.3 is 5.97 Å². The third kappa shape index (κ3) is 3.77. The van der Waals surface area contributed by atoms with Gasteiger partial charge in [-0.1, -0.05) is 18.2 Å². The van der Waals surface area contributed by atoms with Crippen molar-refractivity contribution in [3.05, 3.63) is 47.3 Å². The number of rotatable bonds is 5. The Bertz CT molecular complexity index is 707. The van der Waals surface area contributed by atoms with Crippen LogP contribution >= 0.6 is 0 Å². The first-order valence-electron chi connectivity index (χ1n) is 7.43. The van der Waals surface area contributed by atoms with Crippen LogP contribution in [0, 0.1) is 13.8 Å². The first-order chi connectivity index (χ1) is 10.9. The lowest BCUT2D eigenvalue weighted by molar-refractivity contribution is -0.141. The molecule has 1 N–H and O–H groups in total. The van der Waals surface area contributed by atoms with Gasteiger partial charge in [-0.25, -0.2) is 4.68 Å². The topological polar surface area (TPSA) is 73.2 Å². The molecule has 0 radical (unpaired) electrons. The van der Waals surface area contributed by atoms with Gasteiger partial charge in [0.25, 0.3) is 5.91 Å². The number of methoxy groups -OCH3 is 1. The van der Waals surface area contributed by atoms with E-state index in [1.165, 1.54) is 7.11 Å². The van der Waals surface area contributed by atoms with Gasteiger partial charge in [0.15, 0.2) is 0 Å². The zero-order chi connectivity index (χ0) is 17.0. The maximum absolute atomic E-state index is 12.5. The molecule has 1 unspecified atom stereocenters. The molecule has 122 valence electrons. The van der Waals surface area contributed by atoms with E-state index in [0.29, 0.717) is 11.3 Å². The second-order valence-electron chi connectivity index (χ2n) is 5.45. The highest BCUT2D eigenvalue weighted by Gasteiger charge is 2.21. The van der Waals surface area contributed by atoms with Crippen LogP contribution in [-0.2, 0) is 9.53 Å². The van der Waals surface area contributed by atoms with Crippen LogP contribution < -0.4 is 5.32 Å². The van der Waals surface area contributed by atoms with Crippen molar-refractivity contribution in [2.24, 2.45) is 0 Å². The number of ether oxygens (including phenoxy) is 1. The van der Waals surface area contributed by atoms with Crippen molar-refractivity contribution in [3.63, 3.8) is 0 Å². The van der Waals surface area contributed by atoms with Crippen LogP contribution in [-0.4, -0.2) is 34.8 Å². The number of amides is 1. The molecule has 23 heavy (non-hydrogen) atoms. The van der Waals surface area contributed by atoms with Crippen molar-refractivity contribution in [3.8, 4) is 5.69 Å². The lowest BCUT2D eigenvalue weighted by Crippen LogP contribution is -2.35. The lowest BCUT2D eigenvalue weighted by atomic mass is 10.1. The standard InChI is InChI=1S/C17H21N3O3/c1-11(10-15(21)23-4)18-17(22)16-12(2)19-20(13(16)3)14-8-6-5-7-9-14/h5-9,11H,10H2,1-4H3,(H,18,22). The minimum Gasteiger partial charge on any atom is -0.469 e. The largest absolute Gasteiger partial charge is 0.469 e. The van der Waals surface area contributed by atoms with Crippen molar-refractivity contribution in [2.75, 3.05) is 7.11 Å². The Morgan fingerprint density at radius 3 is 2.52 bits per heavy atom. The summed E-state index contributed by atoms with van der Waals surface area (Å²) in [5, 5.41) is 7.26. The van der Waals surface area contributed by atoms with Crippen LogP contribution in [0.25, 0.3) is 5.69 Å². The maximum Gasteiger partial charge on any atom is 0.307 e. The van der Waals surface area contributed by atoms with Gasteiger partial charge in [-0.3, -0.25) is 9.59 Å². The molecule has 1 aromatic carbocycles. The molecule has 0 aliphatic carbocycles. The highest BCUT2D eigenvalue weighted by atomic mass is 16.5. The van der Waals surface area contributed by atoms with E-state index in [-0.39, 0.29) is 24.3 Å². The molecule has 1 aromatic heterocycles. The van der Waals surface area contributed by atoms with E-state index in [2.05, 4.69) is 15.2 Å². The summed E-state index contributed by atoms with van der Waals surface area (Å²) in [6.07, 6.45) is 0.132. The van der Waals surface area contributed by atoms with Gasteiger partial charge in [0, 0.05) is 6.04 Å². The average molecular weight is 315 g/mol. The van der Waals surface area contributed by atoms with Crippen molar-refractivity contribution in [2.45, 2.75) is 33.2 Å². The fourth-order valence-corrected chi connectivity index (χ4v) is 2.47. The SMILES string of the molecule is COC(=O)CC(C)NC(=O)c1c(C)nn(-c2ccccc2)c1C. The second-order valence-corrected chi connectivity index (χ2v) is 5.45. The van der Waals surface area contributed by atoms with E-state index < -0.39 is 0 Å². The van der Waals surface area contributed by atoms with Crippen LogP contribution in [0.2, 0.25) is 0 Å². The number of benzene rings is 1. The lowest BCUT2D eigenvalue weighted by Gasteiger charge is -2.13. The Morgan fingerprint density at radius 1 is 1.26 bits per heavy atom. The first-order valence-corrected chi connectivity index (χ1v) is 7.43. The number of nitrogens with one attached hydrogen (secondary N) is 1. The third-order valence-electron chi connectivity index (χ3n) is 3.60. The van der Waals surface area contributed by atoms with Crippen LogP contribution in [0.3, 0.4) is 0 Å². The first kappa shape index (κ1) is 16.7. The third-order valence-corrected chi connectivity index (χ3v) is 3.60. The Balaban J connectivity index is 2.22. The summed E-state index contributed by atoms with van der Waals surface area (Å²) in [5.41, 5.74) is 2.84. The van der Waals surface area contributed by atoms with Gasteiger partial charge < -0.3 is 10.1 Å². The molecule has 2 rings (SSSR count). The van der Waals surface area contributed by atoms with Gasteiger partial charge in [0.1, 0.15) is 0 Å². The summed E-state index contributed by atoms with van der Waals surface area (Å²) in [5.74, 6) is -0.593. The number of hydrogen-bond acceptors (Lipinski definition) is 4. The second kappa shape index (κ2) is 7.09. The van der Waals surface area contributed by atoms with Gasteiger partial charge in [0.05, 0.1) is 36.2 Å².